The maximum atomic E-state index is 13.9. The second kappa shape index (κ2) is 43.3. The second-order valence-electron chi connectivity index (χ2n) is 30.7. The molecule has 0 aromatic rings. The van der Waals surface area contributed by atoms with E-state index in [9.17, 15) is 50.4 Å². The summed E-state index contributed by atoms with van der Waals surface area (Å²) in [7, 11) is 6.61. The van der Waals surface area contributed by atoms with Gasteiger partial charge in [0.15, 0.2) is 0 Å². The van der Waals surface area contributed by atoms with Crippen LogP contribution in [0.1, 0.15) is 212 Å². The number of rotatable bonds is 16. The summed E-state index contributed by atoms with van der Waals surface area (Å²) in [6.45, 7) is 22.6. The molecule has 5 heterocycles. The molecule has 5 aliphatic rings. The van der Waals surface area contributed by atoms with Crippen LogP contribution < -0.4 is 0 Å². The van der Waals surface area contributed by atoms with Crippen molar-refractivity contribution in [2.24, 2.45) is 47.3 Å². The minimum atomic E-state index is -1.16. The molecule has 8 N–H and O–H groups in total. The summed E-state index contributed by atoms with van der Waals surface area (Å²) in [6, 6.07) is 0. The summed E-state index contributed by atoms with van der Waals surface area (Å²) in [5.74, 6) is -5.42. The Morgan fingerprint density at radius 3 is 1.31 bits per heavy atom. The van der Waals surface area contributed by atoms with Crippen LogP contribution in [-0.2, 0) is 57.0 Å². The zero-order valence-electron chi connectivity index (χ0n) is 62.6. The quantitative estimate of drug-likeness (QED) is 0.0526. The van der Waals surface area contributed by atoms with Gasteiger partial charge in [0.25, 0.3) is 0 Å². The van der Waals surface area contributed by atoms with Crippen molar-refractivity contribution in [3.63, 3.8) is 0 Å². The third-order valence-corrected chi connectivity index (χ3v) is 22.6. The van der Waals surface area contributed by atoms with Crippen LogP contribution in [0.25, 0.3) is 0 Å². The molecule has 0 amide bonds. The van der Waals surface area contributed by atoms with Crippen molar-refractivity contribution in [1.82, 2.24) is 0 Å². The number of carbonyl (C=O) groups is 2. The van der Waals surface area contributed by atoms with Gasteiger partial charge in [0, 0.05) is 95.4 Å². The van der Waals surface area contributed by atoms with Gasteiger partial charge in [-0.05, 0) is 149 Å². The molecule has 30 atom stereocenters. The van der Waals surface area contributed by atoms with Gasteiger partial charge in [0.05, 0.1) is 122 Å². The Morgan fingerprint density at radius 2 is 0.878 bits per heavy atom. The number of carbonyl (C=O) groups excluding carboxylic acids is 2. The van der Waals surface area contributed by atoms with E-state index in [1.807, 2.05) is 93.5 Å². The molecular formula is C78H134O20. The molecule has 3 fully saturated rings. The third kappa shape index (κ3) is 28.2. The van der Waals surface area contributed by atoms with Gasteiger partial charge in [-0.15, -0.1) is 0 Å². The smallest absolute Gasteiger partial charge is 0.331 e. The van der Waals surface area contributed by atoms with Crippen molar-refractivity contribution in [3.05, 3.63) is 59.8 Å². The van der Waals surface area contributed by atoms with Gasteiger partial charge in [-0.25, -0.2) is 9.59 Å². The lowest BCUT2D eigenvalue weighted by atomic mass is 9.78. The molecular weight excluding hydrogens is 1260 g/mol. The SMILES string of the molecule is CO[C@H]1C[C@H](CC[C@@H](C)[C@H](O)[C@H](C)[C@H]2OC(=O)/C=C/C(C)=C/C[C@H](O)C[C@@H]3C=CC[C@@H](C[C@H](OC)[C@@H](C)[C@@H](O)C[C@@H](O)[C@H](C)[C@@H]([C@@H](C)[C@@H](O)[C@@H](C)CC[C@H]4C[C@H](OC)C[C@H](C)O4)OC(=O)/C=C\C(C)=C\C[C@@H](O)C[C@@H]4CCC[C@@H](C[C@H](OC)[C@@H](C)[C@@H](O)C[C@@H](O)[C@@H]2C)O4)O3)O[C@@H](C)C1. The van der Waals surface area contributed by atoms with Crippen molar-refractivity contribution < 1.29 is 97.8 Å². The summed E-state index contributed by atoms with van der Waals surface area (Å²) in [5.41, 5.74) is 1.41. The molecule has 20 nitrogen and oxygen atoms in total. The third-order valence-electron chi connectivity index (χ3n) is 22.6. The predicted molar refractivity (Wildman–Crippen MR) is 378 cm³/mol. The fraction of sp³-hybridized carbons (Fsp3) is 0.846. The van der Waals surface area contributed by atoms with E-state index in [0.717, 1.165) is 44.9 Å². The molecule has 0 radical (unpaired) electrons. The van der Waals surface area contributed by atoms with Gasteiger partial charge in [0.1, 0.15) is 12.2 Å². The highest BCUT2D eigenvalue weighted by Crippen LogP contribution is 2.37. The van der Waals surface area contributed by atoms with Gasteiger partial charge in [0.2, 0.25) is 0 Å². The van der Waals surface area contributed by atoms with Crippen LogP contribution >= 0.6 is 0 Å². The van der Waals surface area contributed by atoms with Crippen LogP contribution in [0, 0.1) is 47.3 Å². The Morgan fingerprint density at radius 1 is 0.469 bits per heavy atom. The Kier molecular flexibility index (Phi) is 37.9. The van der Waals surface area contributed by atoms with Crippen LogP contribution in [-0.4, -0.2) is 216 Å². The number of aliphatic hydroxyl groups is 8. The summed E-state index contributed by atoms with van der Waals surface area (Å²) in [5, 5.41) is 94.5. The number of hydrogen-bond donors (Lipinski definition) is 8. The zero-order valence-corrected chi connectivity index (χ0v) is 62.6. The van der Waals surface area contributed by atoms with Crippen LogP contribution in [0.4, 0.5) is 0 Å². The molecule has 20 heteroatoms. The second-order valence-corrected chi connectivity index (χ2v) is 30.7. The van der Waals surface area contributed by atoms with Crippen LogP contribution in [0.15, 0.2) is 59.8 Å². The number of allylic oxidation sites excluding steroid dienone is 4. The van der Waals surface area contributed by atoms with Gasteiger partial charge in [-0.3, -0.25) is 0 Å². The van der Waals surface area contributed by atoms with Crippen molar-refractivity contribution in [2.75, 3.05) is 28.4 Å². The number of hydrogen-bond acceptors (Lipinski definition) is 20. The predicted octanol–water partition coefficient (Wildman–Crippen LogP) is 10.3. The maximum Gasteiger partial charge on any atom is 0.331 e. The number of ether oxygens (including phenoxy) is 10. The molecule has 0 aromatic heterocycles. The van der Waals surface area contributed by atoms with E-state index in [-0.39, 0.29) is 92.5 Å². The van der Waals surface area contributed by atoms with Crippen molar-refractivity contribution >= 4 is 11.9 Å². The Labute approximate surface area is 588 Å². The highest BCUT2D eigenvalue weighted by atomic mass is 16.6. The Hall–Kier alpha value is -3.00. The fourth-order valence-electron chi connectivity index (χ4n) is 15.7. The molecule has 5 rings (SSSR count). The number of aliphatic hydroxyl groups excluding tert-OH is 8. The summed E-state index contributed by atoms with van der Waals surface area (Å²) < 4.78 is 61.5. The van der Waals surface area contributed by atoms with Gasteiger partial charge < -0.3 is 88.2 Å². The molecule has 0 spiro atoms. The zero-order chi connectivity index (χ0) is 72.5. The van der Waals surface area contributed by atoms with E-state index >= 15 is 0 Å². The van der Waals surface area contributed by atoms with Crippen molar-refractivity contribution in [2.45, 2.75) is 346 Å². The standard InChI is InChI=1S/C78H134O20/c1-45-23-29-57(79)37-59-19-17-21-61(95-59)41-71(91-15)52(8)68(82)44-70(84)54(10)78(56(12)76(88)48(4)28-32-64-40-66(90-14)36-50(6)94-64)98-74(86)34-26-46(2)24-30-58(80)38-60-20-18-22-62(96-60)42-72(92-16)51(7)67(81)43-69(83)53(9)77(97-73(85)33-25-45)55(11)75(87)47(3)27-31-63-39-65(89-13)35-49(5)93-63/h17,19,23-26,33-34,47-72,75-84,87-88H,18,20-22,27-32,35-44H2,1-16H3/b33-25+,34-26-,45-23+,46-24+/t47-,48+,49+,50+,51+,52+,53+,54+,55+,56+,57+,58-,59+,60+,61+,62+,63+,64+,65-,66-,67+,68+,69-,70-,71+,72+,75+,76+,77+,78+/m1/s1. The van der Waals surface area contributed by atoms with Crippen LogP contribution in [0.3, 0.4) is 0 Å². The van der Waals surface area contributed by atoms with Crippen molar-refractivity contribution in [1.29, 1.82) is 0 Å². The van der Waals surface area contributed by atoms with Crippen LogP contribution in [0.2, 0.25) is 0 Å². The number of cyclic esters (lactones) is 2. The fourth-order valence-corrected chi connectivity index (χ4v) is 15.7. The highest BCUT2D eigenvalue weighted by Gasteiger charge is 2.43. The molecule has 3 saturated heterocycles. The molecule has 0 unspecified atom stereocenters. The monoisotopic (exact) mass is 1390 g/mol. The topological polar surface area (TPSA) is 288 Å². The van der Waals surface area contributed by atoms with E-state index in [4.69, 9.17) is 47.4 Å². The summed E-state index contributed by atoms with van der Waals surface area (Å²) >= 11 is 0. The minimum Gasteiger partial charge on any atom is -0.458 e. The van der Waals surface area contributed by atoms with E-state index in [1.54, 1.807) is 54.4 Å². The summed E-state index contributed by atoms with van der Waals surface area (Å²) in [4.78, 5) is 27.8. The molecule has 98 heavy (non-hydrogen) atoms. The average Bonchev–Trinajstić information content (AvgIpc) is 0.853. The first kappa shape index (κ1) is 85.6. The molecule has 5 aliphatic heterocycles. The Balaban J connectivity index is 1.36. The molecule has 0 saturated carbocycles. The number of methoxy groups -OCH3 is 4. The molecule has 4 bridgehead atoms. The lowest BCUT2D eigenvalue weighted by Gasteiger charge is -2.38. The average molecular weight is 1390 g/mol. The van der Waals surface area contributed by atoms with Gasteiger partial charge in [-0.2, -0.15) is 0 Å². The van der Waals surface area contributed by atoms with E-state index < -0.39 is 127 Å². The van der Waals surface area contributed by atoms with Crippen molar-refractivity contribution in [3.8, 4) is 0 Å². The van der Waals surface area contributed by atoms with Gasteiger partial charge in [-0.1, -0.05) is 103 Å². The Bertz CT molecular complexity index is 2440. The first-order valence-electron chi connectivity index (χ1n) is 37.4. The lowest BCUT2D eigenvalue weighted by Crippen LogP contribution is -2.45. The molecule has 566 valence electrons. The number of fused-ring (bicyclic) bond motifs is 4. The van der Waals surface area contributed by atoms with Crippen LogP contribution in [0.5, 0.6) is 0 Å². The number of esters is 2. The van der Waals surface area contributed by atoms with Gasteiger partial charge >= 0.3 is 11.9 Å². The first-order valence-corrected chi connectivity index (χ1v) is 37.4. The highest BCUT2D eigenvalue weighted by molar-refractivity contribution is 5.83. The van der Waals surface area contributed by atoms with E-state index in [1.165, 1.54) is 12.2 Å². The minimum absolute atomic E-state index is 0.0260. The molecule has 0 aromatic carbocycles. The normalized spacial score (nSPS) is 41.2. The lowest BCUT2D eigenvalue weighted by molar-refractivity contribution is -0.159. The first-order chi connectivity index (χ1) is 46.4. The largest absolute Gasteiger partial charge is 0.458 e. The summed E-state index contributed by atoms with van der Waals surface area (Å²) in [6.07, 6.45) is 12.7. The van der Waals surface area contributed by atoms with E-state index in [2.05, 4.69) is 0 Å². The van der Waals surface area contributed by atoms with E-state index in [0.29, 0.717) is 68.9 Å². The maximum absolute atomic E-state index is 13.9. The molecule has 0 aliphatic carbocycles.